The Morgan fingerprint density at radius 1 is 1.14 bits per heavy atom. The summed E-state index contributed by atoms with van der Waals surface area (Å²) in [4.78, 5) is 20.2. The van der Waals surface area contributed by atoms with Crippen LogP contribution in [-0.4, -0.2) is 22.5 Å². The van der Waals surface area contributed by atoms with E-state index in [1.807, 2.05) is 42.5 Å². The monoisotopic (exact) mass is 572 g/mol. The van der Waals surface area contributed by atoms with Crippen molar-refractivity contribution in [1.29, 1.82) is 0 Å². The molecule has 1 aliphatic heterocycles. The summed E-state index contributed by atoms with van der Waals surface area (Å²) in [6, 6.07) is 19.1. The normalized spacial score (nSPS) is 16.1. The summed E-state index contributed by atoms with van der Waals surface area (Å²) in [6.45, 7) is 4.96. The molecule has 3 aromatic carbocycles. The van der Waals surface area contributed by atoms with Crippen LogP contribution in [0.4, 0.5) is 10.1 Å². The third-order valence-electron chi connectivity index (χ3n) is 5.02. The van der Waals surface area contributed by atoms with Crippen molar-refractivity contribution >= 4 is 62.1 Å². The van der Waals surface area contributed by atoms with E-state index in [0.717, 1.165) is 21.3 Å². The maximum atomic E-state index is 13.4. The van der Waals surface area contributed by atoms with Crippen LogP contribution < -0.4 is 4.74 Å². The molecule has 180 valence electrons. The van der Waals surface area contributed by atoms with Gasteiger partial charge >= 0.3 is 0 Å². The highest BCUT2D eigenvalue weighted by molar-refractivity contribution is 9.10. The lowest BCUT2D eigenvalue weighted by atomic mass is 10.2. The second-order valence-corrected chi connectivity index (χ2v) is 10.7. The van der Waals surface area contributed by atoms with Gasteiger partial charge in [0.1, 0.15) is 18.2 Å². The lowest BCUT2D eigenvalue weighted by Gasteiger charge is -2.17. The number of hydrogen-bond donors (Lipinski definition) is 0. The third kappa shape index (κ3) is 6.75. The molecule has 0 N–H and O–H groups in total. The van der Waals surface area contributed by atoms with Crippen molar-refractivity contribution in [2.75, 3.05) is 6.54 Å². The number of rotatable bonds is 7. The smallest absolute Gasteiger partial charge is 0.266 e. The van der Waals surface area contributed by atoms with Crippen molar-refractivity contribution in [3.8, 4) is 5.75 Å². The number of amides is 1. The predicted molar refractivity (Wildman–Crippen MR) is 146 cm³/mol. The first kappa shape index (κ1) is 25.5. The summed E-state index contributed by atoms with van der Waals surface area (Å²) in [6.07, 6.45) is 1.85. The van der Waals surface area contributed by atoms with E-state index >= 15 is 0 Å². The molecule has 0 radical (unpaired) electrons. The Labute approximate surface area is 222 Å². The summed E-state index contributed by atoms with van der Waals surface area (Å²) in [5, 5.41) is 1.28. The van der Waals surface area contributed by atoms with Crippen LogP contribution in [0.15, 0.2) is 81.1 Å². The summed E-state index contributed by atoms with van der Waals surface area (Å²) in [5.41, 5.74) is 2.33. The second kappa shape index (κ2) is 11.4. The molecule has 1 heterocycles. The molecular weight excluding hydrogens is 551 g/mol. The molecule has 1 aliphatic rings. The van der Waals surface area contributed by atoms with E-state index in [4.69, 9.17) is 21.3 Å². The molecular formula is C27H23BrClFN2O2S. The van der Waals surface area contributed by atoms with Gasteiger partial charge in [-0.25, -0.2) is 9.38 Å². The maximum Gasteiger partial charge on any atom is 0.266 e. The molecule has 1 fully saturated rings. The molecule has 0 saturated carbocycles. The van der Waals surface area contributed by atoms with Crippen LogP contribution in [0, 0.1) is 11.7 Å². The summed E-state index contributed by atoms with van der Waals surface area (Å²) >= 11 is 10.9. The first-order chi connectivity index (χ1) is 16.8. The van der Waals surface area contributed by atoms with Crippen LogP contribution in [0.5, 0.6) is 5.75 Å². The van der Waals surface area contributed by atoms with Crippen molar-refractivity contribution in [3.63, 3.8) is 0 Å². The van der Waals surface area contributed by atoms with E-state index in [1.54, 1.807) is 23.1 Å². The fraction of sp³-hybridized carbons (Fsp3) is 0.185. The Morgan fingerprint density at radius 2 is 1.91 bits per heavy atom. The van der Waals surface area contributed by atoms with Crippen molar-refractivity contribution < 1.29 is 13.9 Å². The highest BCUT2D eigenvalue weighted by Crippen LogP contribution is 2.36. The second-order valence-electron chi connectivity index (χ2n) is 8.40. The van der Waals surface area contributed by atoms with Crippen LogP contribution in [-0.2, 0) is 11.4 Å². The number of amidine groups is 1. The predicted octanol–water partition coefficient (Wildman–Crippen LogP) is 8.08. The van der Waals surface area contributed by atoms with Crippen LogP contribution in [0.2, 0.25) is 5.02 Å². The number of thioether (sulfide) groups is 1. The first-order valence-corrected chi connectivity index (χ1v) is 13.0. The van der Waals surface area contributed by atoms with Gasteiger partial charge in [-0.05, 0) is 99.3 Å². The van der Waals surface area contributed by atoms with Crippen LogP contribution in [0.3, 0.4) is 0 Å². The molecule has 3 aromatic rings. The van der Waals surface area contributed by atoms with Crippen LogP contribution >= 0.6 is 39.3 Å². The number of hydrogen-bond acceptors (Lipinski definition) is 4. The zero-order valence-corrected chi connectivity index (χ0v) is 22.3. The molecule has 4 nitrogen and oxygen atoms in total. The Bertz CT molecular complexity index is 1290. The number of carbonyl (C=O) groups is 1. The molecule has 1 amide bonds. The van der Waals surface area contributed by atoms with Gasteiger partial charge in [-0.2, -0.15) is 0 Å². The van der Waals surface area contributed by atoms with E-state index in [-0.39, 0.29) is 24.2 Å². The Balaban J connectivity index is 1.54. The minimum Gasteiger partial charge on any atom is -0.488 e. The van der Waals surface area contributed by atoms with Crippen molar-refractivity contribution in [2.45, 2.75) is 20.5 Å². The molecule has 0 unspecified atom stereocenters. The quantitative estimate of drug-likeness (QED) is 0.268. The topological polar surface area (TPSA) is 41.9 Å². The van der Waals surface area contributed by atoms with Gasteiger partial charge in [0.25, 0.3) is 5.91 Å². The molecule has 0 bridgehead atoms. The lowest BCUT2D eigenvalue weighted by Crippen LogP contribution is -2.32. The minimum atomic E-state index is -0.295. The molecule has 0 aliphatic carbocycles. The average Bonchev–Trinajstić information content (AvgIpc) is 3.08. The van der Waals surface area contributed by atoms with Gasteiger partial charge in [0, 0.05) is 11.6 Å². The molecule has 0 aromatic heterocycles. The molecule has 0 atom stereocenters. The SMILES string of the molecule is CC(C)CN1C(=O)/C(=C/c2ccc(OCc3cccc(F)c3)c(Br)c2)SC1=Nc1ccc(Cl)cc1. The number of aliphatic imine (C=N–C) groups is 1. The van der Waals surface area contributed by atoms with Gasteiger partial charge in [0.05, 0.1) is 15.1 Å². The molecule has 4 rings (SSSR count). The first-order valence-electron chi connectivity index (χ1n) is 11.0. The maximum absolute atomic E-state index is 13.4. The van der Waals surface area contributed by atoms with Gasteiger partial charge in [-0.3, -0.25) is 9.69 Å². The van der Waals surface area contributed by atoms with Crippen molar-refractivity contribution in [2.24, 2.45) is 10.9 Å². The zero-order valence-electron chi connectivity index (χ0n) is 19.2. The van der Waals surface area contributed by atoms with Gasteiger partial charge in [0.2, 0.25) is 0 Å². The lowest BCUT2D eigenvalue weighted by molar-refractivity contribution is -0.122. The number of carbonyl (C=O) groups excluding carboxylic acids is 1. The summed E-state index contributed by atoms with van der Waals surface area (Å²) in [7, 11) is 0. The van der Waals surface area contributed by atoms with Gasteiger partial charge in [0.15, 0.2) is 5.17 Å². The van der Waals surface area contributed by atoms with E-state index in [1.165, 1.54) is 23.9 Å². The molecule has 35 heavy (non-hydrogen) atoms. The fourth-order valence-corrected chi connectivity index (χ4v) is 5.05. The van der Waals surface area contributed by atoms with E-state index in [2.05, 4.69) is 29.8 Å². The summed E-state index contributed by atoms with van der Waals surface area (Å²) < 4.78 is 20.0. The standard InChI is InChI=1S/C27H23BrClFN2O2S/c1-17(2)15-32-26(33)25(35-27(32)31-22-9-7-20(29)8-10-22)14-18-6-11-24(23(28)13-18)34-16-19-4-3-5-21(30)12-19/h3-14,17H,15-16H2,1-2H3/b25-14-,31-27?. The fourth-order valence-electron chi connectivity index (χ4n) is 3.41. The van der Waals surface area contributed by atoms with Crippen LogP contribution in [0.25, 0.3) is 6.08 Å². The van der Waals surface area contributed by atoms with E-state index in [9.17, 15) is 9.18 Å². The zero-order chi connectivity index (χ0) is 24.9. The van der Waals surface area contributed by atoms with Crippen molar-refractivity contribution in [1.82, 2.24) is 4.90 Å². The average molecular weight is 574 g/mol. The number of benzene rings is 3. The van der Waals surface area contributed by atoms with E-state index < -0.39 is 0 Å². The highest BCUT2D eigenvalue weighted by atomic mass is 79.9. The van der Waals surface area contributed by atoms with Gasteiger partial charge < -0.3 is 4.74 Å². The van der Waals surface area contributed by atoms with Gasteiger partial charge in [-0.1, -0.05) is 43.6 Å². The van der Waals surface area contributed by atoms with Crippen molar-refractivity contribution in [3.05, 3.63) is 98.1 Å². The summed E-state index contributed by atoms with van der Waals surface area (Å²) in [5.74, 6) is 0.557. The van der Waals surface area contributed by atoms with Gasteiger partial charge in [-0.15, -0.1) is 0 Å². The molecule has 8 heteroatoms. The number of halogens is 3. The Kier molecular flexibility index (Phi) is 8.31. The minimum absolute atomic E-state index is 0.0704. The third-order valence-corrected chi connectivity index (χ3v) is 6.90. The molecule has 1 saturated heterocycles. The highest BCUT2D eigenvalue weighted by Gasteiger charge is 2.33. The van der Waals surface area contributed by atoms with E-state index in [0.29, 0.717) is 27.4 Å². The Hall–Kier alpha value is -2.61. The largest absolute Gasteiger partial charge is 0.488 e. The molecule has 0 spiro atoms. The van der Waals surface area contributed by atoms with Crippen LogP contribution in [0.1, 0.15) is 25.0 Å². The number of nitrogens with zero attached hydrogens (tertiary/aromatic N) is 2. The number of ether oxygens (including phenoxy) is 1. The Morgan fingerprint density at radius 3 is 2.60 bits per heavy atom.